The van der Waals surface area contributed by atoms with Gasteiger partial charge in [0.25, 0.3) is 5.91 Å². The molecule has 0 aliphatic heterocycles. The fourth-order valence-corrected chi connectivity index (χ4v) is 2.84. The molecule has 0 radical (unpaired) electrons. The van der Waals surface area contributed by atoms with Gasteiger partial charge in [0.2, 0.25) is 0 Å². The predicted octanol–water partition coefficient (Wildman–Crippen LogP) is 3.00. The summed E-state index contributed by atoms with van der Waals surface area (Å²) in [6.07, 6.45) is 0.371. The molecule has 5 heteroatoms. The highest BCUT2D eigenvalue weighted by molar-refractivity contribution is 5.95. The van der Waals surface area contributed by atoms with Crippen LogP contribution in [-0.4, -0.2) is 30.6 Å². The zero-order valence-electron chi connectivity index (χ0n) is 14.5. The van der Waals surface area contributed by atoms with Crippen molar-refractivity contribution >= 4 is 11.9 Å². The third-order valence-corrected chi connectivity index (χ3v) is 4.39. The van der Waals surface area contributed by atoms with E-state index in [1.165, 1.54) is 0 Å². The fraction of sp³-hybridized carbons (Fsp3) is 0.300. The third-order valence-electron chi connectivity index (χ3n) is 4.39. The molecule has 0 aliphatic carbocycles. The first-order valence-electron chi connectivity index (χ1n) is 8.18. The first-order valence-corrected chi connectivity index (χ1v) is 8.18. The zero-order chi connectivity index (χ0) is 18.3. The quantitative estimate of drug-likeness (QED) is 0.774. The predicted molar refractivity (Wildman–Crippen MR) is 95.5 cm³/mol. The minimum atomic E-state index is -1.15. The van der Waals surface area contributed by atoms with Gasteiger partial charge in [-0.05, 0) is 29.7 Å². The molecule has 2 N–H and O–H groups in total. The van der Waals surface area contributed by atoms with Gasteiger partial charge in [-0.15, -0.1) is 0 Å². The molecule has 0 heterocycles. The molecule has 0 aliphatic rings. The maximum absolute atomic E-state index is 12.5. The van der Waals surface area contributed by atoms with Crippen molar-refractivity contribution in [2.45, 2.75) is 25.4 Å². The first kappa shape index (κ1) is 18.7. The van der Waals surface area contributed by atoms with E-state index < -0.39 is 11.4 Å². The number of carbonyl (C=O) groups excluding carboxylic acids is 1. The summed E-state index contributed by atoms with van der Waals surface area (Å²) in [5.74, 6) is -1.25. The minimum absolute atomic E-state index is 0.0240. The lowest BCUT2D eigenvalue weighted by molar-refractivity contribution is -0.143. The highest BCUT2D eigenvalue weighted by Crippen LogP contribution is 2.28. The monoisotopic (exact) mass is 341 g/mol. The zero-order valence-corrected chi connectivity index (χ0v) is 14.5. The molecular formula is C20H23NO4. The second-order valence-electron chi connectivity index (χ2n) is 5.92. The largest absolute Gasteiger partial charge is 0.481 e. The van der Waals surface area contributed by atoms with Crippen molar-refractivity contribution in [3.63, 3.8) is 0 Å². The summed E-state index contributed by atoms with van der Waals surface area (Å²) in [5.41, 5.74) is 0.899. The number of rotatable bonds is 8. The van der Waals surface area contributed by atoms with Crippen molar-refractivity contribution in [3.05, 3.63) is 71.3 Å². The Morgan fingerprint density at radius 1 is 1.12 bits per heavy atom. The Hall–Kier alpha value is -2.66. The summed E-state index contributed by atoms with van der Waals surface area (Å²) in [6, 6.07) is 16.1. The van der Waals surface area contributed by atoms with E-state index in [1.54, 1.807) is 49.6 Å². The van der Waals surface area contributed by atoms with Gasteiger partial charge in [0, 0.05) is 19.2 Å². The van der Waals surface area contributed by atoms with Gasteiger partial charge in [-0.2, -0.15) is 0 Å². The van der Waals surface area contributed by atoms with Gasteiger partial charge >= 0.3 is 5.97 Å². The Bertz CT molecular complexity index is 729. The molecule has 1 unspecified atom stereocenters. The summed E-state index contributed by atoms with van der Waals surface area (Å²) >= 11 is 0. The van der Waals surface area contributed by atoms with Crippen LogP contribution in [0.5, 0.6) is 0 Å². The fourth-order valence-electron chi connectivity index (χ4n) is 2.84. The van der Waals surface area contributed by atoms with Crippen LogP contribution in [0, 0.1) is 0 Å². The van der Waals surface area contributed by atoms with Crippen LogP contribution in [0.1, 0.15) is 34.8 Å². The second-order valence-corrected chi connectivity index (χ2v) is 5.92. The number of amides is 1. The van der Waals surface area contributed by atoms with Gasteiger partial charge in [-0.25, -0.2) is 0 Å². The van der Waals surface area contributed by atoms with Crippen LogP contribution >= 0.6 is 0 Å². The number of aliphatic carboxylic acids is 1. The number of ether oxygens (including phenoxy) is 1. The average Bonchev–Trinajstić information content (AvgIpc) is 2.63. The molecule has 2 aromatic rings. The van der Waals surface area contributed by atoms with E-state index in [4.69, 9.17) is 4.74 Å². The Morgan fingerprint density at radius 2 is 1.84 bits per heavy atom. The molecule has 0 fully saturated rings. The SMILES string of the molecule is CCC(CNC(=O)c1cccc(COC)c1)(C(=O)O)c1ccccc1. The molecule has 0 saturated heterocycles. The maximum atomic E-state index is 12.5. The molecule has 25 heavy (non-hydrogen) atoms. The van der Waals surface area contributed by atoms with Crippen LogP contribution in [0.2, 0.25) is 0 Å². The smallest absolute Gasteiger partial charge is 0.315 e. The van der Waals surface area contributed by atoms with E-state index in [-0.39, 0.29) is 12.5 Å². The lowest BCUT2D eigenvalue weighted by Gasteiger charge is -2.29. The van der Waals surface area contributed by atoms with Gasteiger partial charge in [0.1, 0.15) is 5.41 Å². The summed E-state index contributed by atoms with van der Waals surface area (Å²) in [5, 5.41) is 12.6. The van der Waals surface area contributed by atoms with E-state index in [0.717, 1.165) is 5.56 Å². The van der Waals surface area contributed by atoms with Crippen molar-refractivity contribution in [2.24, 2.45) is 0 Å². The van der Waals surface area contributed by atoms with Gasteiger partial charge in [-0.1, -0.05) is 49.4 Å². The van der Waals surface area contributed by atoms with E-state index in [2.05, 4.69) is 5.32 Å². The van der Waals surface area contributed by atoms with Crippen LogP contribution < -0.4 is 5.32 Å². The van der Waals surface area contributed by atoms with Gasteiger partial charge in [0.15, 0.2) is 0 Å². The molecule has 2 aromatic carbocycles. The lowest BCUT2D eigenvalue weighted by Crippen LogP contribution is -2.46. The number of carboxylic acids is 1. The molecule has 5 nitrogen and oxygen atoms in total. The minimum Gasteiger partial charge on any atom is -0.481 e. The molecular weight excluding hydrogens is 318 g/mol. The van der Waals surface area contributed by atoms with E-state index in [9.17, 15) is 14.7 Å². The second kappa shape index (κ2) is 8.44. The number of benzene rings is 2. The Labute approximate surface area is 147 Å². The summed E-state index contributed by atoms with van der Waals surface area (Å²) in [4.78, 5) is 24.4. The highest BCUT2D eigenvalue weighted by Gasteiger charge is 2.39. The van der Waals surface area contributed by atoms with Crippen LogP contribution in [0.3, 0.4) is 0 Å². The highest BCUT2D eigenvalue weighted by atomic mass is 16.5. The molecule has 0 bridgehead atoms. The number of hydrogen-bond acceptors (Lipinski definition) is 3. The third kappa shape index (κ3) is 4.25. The number of hydrogen-bond donors (Lipinski definition) is 2. The van der Waals surface area contributed by atoms with Crippen LogP contribution in [0.15, 0.2) is 54.6 Å². The van der Waals surface area contributed by atoms with Gasteiger partial charge in [0.05, 0.1) is 6.61 Å². The van der Waals surface area contributed by atoms with Gasteiger partial charge < -0.3 is 15.2 Å². The lowest BCUT2D eigenvalue weighted by atomic mass is 9.78. The van der Waals surface area contributed by atoms with E-state index in [1.807, 2.05) is 19.1 Å². The molecule has 0 spiro atoms. The number of carboxylic acid groups (broad SMARTS) is 1. The van der Waals surface area contributed by atoms with E-state index >= 15 is 0 Å². The number of nitrogens with one attached hydrogen (secondary N) is 1. The molecule has 1 amide bonds. The van der Waals surface area contributed by atoms with Crippen molar-refractivity contribution < 1.29 is 19.4 Å². The molecule has 0 aromatic heterocycles. The van der Waals surface area contributed by atoms with Gasteiger partial charge in [-0.3, -0.25) is 9.59 Å². The number of methoxy groups -OCH3 is 1. The van der Waals surface area contributed by atoms with Crippen molar-refractivity contribution in [1.82, 2.24) is 5.32 Å². The van der Waals surface area contributed by atoms with Crippen molar-refractivity contribution in [3.8, 4) is 0 Å². The first-order chi connectivity index (χ1) is 12.0. The van der Waals surface area contributed by atoms with Crippen LogP contribution in [0.4, 0.5) is 0 Å². The Morgan fingerprint density at radius 3 is 2.44 bits per heavy atom. The van der Waals surface area contributed by atoms with Crippen LogP contribution in [0.25, 0.3) is 0 Å². The number of carbonyl (C=O) groups is 2. The summed E-state index contributed by atoms with van der Waals surface area (Å²) in [6.45, 7) is 2.25. The summed E-state index contributed by atoms with van der Waals surface area (Å²) in [7, 11) is 1.59. The summed E-state index contributed by atoms with van der Waals surface area (Å²) < 4.78 is 5.07. The normalized spacial score (nSPS) is 13.0. The molecule has 132 valence electrons. The average molecular weight is 341 g/mol. The van der Waals surface area contributed by atoms with Crippen molar-refractivity contribution in [1.29, 1.82) is 0 Å². The molecule has 1 atom stereocenters. The maximum Gasteiger partial charge on any atom is 0.315 e. The molecule has 2 rings (SSSR count). The Balaban J connectivity index is 2.19. The van der Waals surface area contributed by atoms with Crippen molar-refractivity contribution in [2.75, 3.05) is 13.7 Å². The van der Waals surface area contributed by atoms with Crippen LogP contribution in [-0.2, 0) is 21.6 Å². The van der Waals surface area contributed by atoms with E-state index in [0.29, 0.717) is 24.2 Å². The molecule has 0 saturated carbocycles. The Kier molecular flexibility index (Phi) is 6.31. The topological polar surface area (TPSA) is 75.6 Å². The standard InChI is InChI=1S/C20H23NO4/c1-3-20(19(23)24,17-10-5-4-6-11-17)14-21-18(22)16-9-7-8-15(12-16)13-25-2/h4-12H,3,13-14H2,1-2H3,(H,21,22)(H,23,24).